The summed E-state index contributed by atoms with van der Waals surface area (Å²) in [5.41, 5.74) is 0.386. The molecule has 148 valence electrons. The van der Waals surface area contributed by atoms with Crippen molar-refractivity contribution in [1.29, 1.82) is 0 Å². The molecule has 1 atom stereocenters. The minimum absolute atomic E-state index is 0.0192. The molecule has 2 aromatic rings. The molecule has 0 bridgehead atoms. The molecule has 0 aliphatic carbocycles. The molecule has 0 radical (unpaired) electrons. The highest BCUT2D eigenvalue weighted by molar-refractivity contribution is 6.00. The summed E-state index contributed by atoms with van der Waals surface area (Å²) in [4.78, 5) is 17.9. The zero-order valence-electron chi connectivity index (χ0n) is 14.6. The Morgan fingerprint density at radius 3 is 2.70 bits per heavy atom. The first-order chi connectivity index (χ1) is 12.5. The van der Waals surface area contributed by atoms with Crippen LogP contribution in [0.25, 0.3) is 5.65 Å². The molecule has 1 saturated heterocycles. The molecule has 0 saturated carbocycles. The van der Waals surface area contributed by atoms with Gasteiger partial charge in [-0.2, -0.15) is 18.3 Å². The topological polar surface area (TPSA) is 62.5 Å². The van der Waals surface area contributed by atoms with Crippen molar-refractivity contribution >= 4 is 17.4 Å². The number of amides is 1. The van der Waals surface area contributed by atoms with Gasteiger partial charge in [0.25, 0.3) is 11.8 Å². The van der Waals surface area contributed by atoms with E-state index in [0.717, 1.165) is 13.1 Å². The van der Waals surface area contributed by atoms with Crippen LogP contribution in [0.5, 0.6) is 0 Å². The highest BCUT2D eigenvalue weighted by Gasteiger charge is 2.38. The minimum Gasteiger partial charge on any atom is -0.350 e. The van der Waals surface area contributed by atoms with Crippen LogP contribution < -0.4 is 10.2 Å². The normalized spacial score (nSPS) is 18.6. The van der Waals surface area contributed by atoms with Gasteiger partial charge in [-0.05, 0) is 20.3 Å². The molecule has 1 unspecified atom stereocenters. The van der Waals surface area contributed by atoms with Crippen molar-refractivity contribution in [2.75, 3.05) is 18.0 Å². The largest absolute Gasteiger partial charge is 0.408 e. The predicted molar refractivity (Wildman–Crippen MR) is 87.1 cm³/mol. The third-order valence-electron chi connectivity index (χ3n) is 4.44. The molecular weight excluding hydrogens is 373 g/mol. The Balaban J connectivity index is 1.94. The fourth-order valence-electron chi connectivity index (χ4n) is 2.94. The number of hydrogen-bond acceptors (Lipinski definition) is 4. The van der Waals surface area contributed by atoms with Crippen molar-refractivity contribution in [1.82, 2.24) is 19.9 Å². The second-order valence-corrected chi connectivity index (χ2v) is 6.67. The fourth-order valence-corrected chi connectivity index (χ4v) is 2.94. The van der Waals surface area contributed by atoms with E-state index in [0.29, 0.717) is 12.2 Å². The van der Waals surface area contributed by atoms with Crippen LogP contribution in [-0.2, 0) is 0 Å². The molecule has 27 heavy (non-hydrogen) atoms. The number of anilines is 1. The van der Waals surface area contributed by atoms with Crippen LogP contribution in [0.3, 0.4) is 0 Å². The summed E-state index contributed by atoms with van der Waals surface area (Å²) in [6.45, 7) is 2.34. The Labute approximate surface area is 151 Å². The molecule has 11 heteroatoms. The van der Waals surface area contributed by atoms with Crippen LogP contribution in [0.2, 0.25) is 0 Å². The van der Waals surface area contributed by atoms with E-state index in [1.165, 1.54) is 9.42 Å². The molecule has 1 fully saturated rings. The number of aromatic nitrogens is 3. The number of carbonyl (C=O) groups is 1. The first-order valence-electron chi connectivity index (χ1n) is 8.34. The molecule has 1 amide bonds. The molecule has 2 aromatic heterocycles. The van der Waals surface area contributed by atoms with Gasteiger partial charge in [0.05, 0.1) is 12.7 Å². The number of nitrogens with one attached hydrogen (secondary N) is 1. The lowest BCUT2D eigenvalue weighted by atomic mass is 10.1. The summed E-state index contributed by atoms with van der Waals surface area (Å²) in [7, 11) is 0. The highest BCUT2D eigenvalue weighted by atomic mass is 19.4. The number of nitrogens with zero attached hydrogens (tertiary/aromatic N) is 4. The second kappa shape index (κ2) is 6.61. The molecule has 0 aromatic carbocycles. The van der Waals surface area contributed by atoms with Gasteiger partial charge in [-0.1, -0.05) is 0 Å². The maximum atomic E-state index is 13.7. The number of rotatable bonds is 3. The number of hydrogen-bond donors (Lipinski definition) is 1. The molecule has 3 rings (SSSR count). The van der Waals surface area contributed by atoms with Gasteiger partial charge in [-0.25, -0.2) is 18.3 Å². The molecular formula is C16H18F5N5O. The molecule has 1 aliphatic heterocycles. The lowest BCUT2D eigenvalue weighted by Crippen LogP contribution is -2.43. The summed E-state index contributed by atoms with van der Waals surface area (Å²) in [5.74, 6) is -3.59. The smallest absolute Gasteiger partial charge is 0.350 e. The van der Waals surface area contributed by atoms with E-state index in [1.807, 2.05) is 5.32 Å². The third kappa shape index (κ3) is 3.96. The Morgan fingerprint density at radius 2 is 2.07 bits per heavy atom. The van der Waals surface area contributed by atoms with Crippen LogP contribution in [0.15, 0.2) is 12.3 Å². The number of fused-ring (bicyclic) bond motifs is 1. The molecule has 1 N–H and O–H groups in total. The maximum absolute atomic E-state index is 13.7. The third-order valence-corrected chi connectivity index (χ3v) is 4.44. The highest BCUT2D eigenvalue weighted by Crippen LogP contribution is 2.30. The number of piperidine rings is 1. The Bertz CT molecular complexity index is 863. The quantitative estimate of drug-likeness (QED) is 0.818. The fraction of sp³-hybridized carbons (Fsp3) is 0.562. The average molecular weight is 391 g/mol. The number of carbonyl (C=O) groups excluding carboxylic acids is 1. The van der Waals surface area contributed by atoms with E-state index in [-0.39, 0.29) is 29.9 Å². The first-order valence-corrected chi connectivity index (χ1v) is 8.34. The summed E-state index contributed by atoms with van der Waals surface area (Å²) in [5, 5.41) is 5.82. The summed E-state index contributed by atoms with van der Waals surface area (Å²) in [6.07, 6.45) is -3.40. The van der Waals surface area contributed by atoms with E-state index in [1.54, 1.807) is 13.0 Å². The lowest BCUT2D eigenvalue weighted by Gasteiger charge is -2.33. The van der Waals surface area contributed by atoms with E-state index >= 15 is 0 Å². The van der Waals surface area contributed by atoms with Gasteiger partial charge in [0.2, 0.25) is 0 Å². The van der Waals surface area contributed by atoms with Crippen molar-refractivity contribution in [2.24, 2.45) is 0 Å². The van der Waals surface area contributed by atoms with Gasteiger partial charge in [0, 0.05) is 24.7 Å². The van der Waals surface area contributed by atoms with Crippen molar-refractivity contribution in [3.8, 4) is 0 Å². The van der Waals surface area contributed by atoms with Crippen molar-refractivity contribution < 1.29 is 26.7 Å². The predicted octanol–water partition coefficient (Wildman–Crippen LogP) is 2.95. The van der Waals surface area contributed by atoms with Crippen LogP contribution in [0.1, 0.15) is 35.8 Å². The number of halogens is 5. The summed E-state index contributed by atoms with van der Waals surface area (Å²) < 4.78 is 66.7. The van der Waals surface area contributed by atoms with E-state index < -0.39 is 30.6 Å². The lowest BCUT2D eigenvalue weighted by molar-refractivity contribution is -0.149. The zero-order chi connectivity index (χ0) is 20.0. The van der Waals surface area contributed by atoms with Gasteiger partial charge in [0.15, 0.2) is 5.65 Å². The Kier molecular flexibility index (Phi) is 4.73. The van der Waals surface area contributed by atoms with Crippen molar-refractivity contribution in [3.05, 3.63) is 23.5 Å². The van der Waals surface area contributed by atoms with Gasteiger partial charge in [-0.15, -0.1) is 0 Å². The van der Waals surface area contributed by atoms with E-state index in [2.05, 4.69) is 10.1 Å². The maximum Gasteiger partial charge on any atom is 0.408 e. The van der Waals surface area contributed by atoms with Gasteiger partial charge >= 0.3 is 6.18 Å². The van der Waals surface area contributed by atoms with Gasteiger partial charge in [-0.3, -0.25) is 4.79 Å². The molecule has 3 heterocycles. The SMILES string of the molecule is Cc1cc(N2CCCC(F)(F)C2)nc2c(C(=O)NC(C)C(F)(F)F)cnn12. The monoisotopic (exact) mass is 391 g/mol. The average Bonchev–Trinajstić information content (AvgIpc) is 2.97. The van der Waals surface area contributed by atoms with Crippen molar-refractivity contribution in [2.45, 2.75) is 44.8 Å². The van der Waals surface area contributed by atoms with E-state index in [4.69, 9.17) is 0 Å². The van der Waals surface area contributed by atoms with Crippen LogP contribution in [0.4, 0.5) is 27.8 Å². The number of aryl methyl sites for hydroxylation is 1. The molecule has 0 spiro atoms. The Morgan fingerprint density at radius 1 is 1.37 bits per heavy atom. The van der Waals surface area contributed by atoms with Crippen molar-refractivity contribution in [3.63, 3.8) is 0 Å². The van der Waals surface area contributed by atoms with Crippen LogP contribution >= 0.6 is 0 Å². The molecule has 6 nitrogen and oxygen atoms in total. The number of alkyl halides is 5. The van der Waals surface area contributed by atoms with Crippen LogP contribution in [-0.4, -0.2) is 51.7 Å². The zero-order valence-corrected chi connectivity index (χ0v) is 14.6. The van der Waals surface area contributed by atoms with Crippen LogP contribution in [0, 0.1) is 6.92 Å². The first kappa shape index (κ1) is 19.3. The molecule has 1 aliphatic rings. The summed E-state index contributed by atoms with van der Waals surface area (Å²) >= 11 is 0. The minimum atomic E-state index is -4.59. The Hall–Kier alpha value is -2.46. The van der Waals surface area contributed by atoms with E-state index in [9.17, 15) is 26.7 Å². The van der Waals surface area contributed by atoms with Gasteiger partial charge in [0.1, 0.15) is 17.4 Å². The standard InChI is InChI=1S/C16H18F5N5O/c1-9-6-12(25-5-3-4-15(17,18)8-25)24-13-11(7-22-26(9)13)14(27)23-10(2)16(19,20)21/h6-7,10H,3-5,8H2,1-2H3,(H,23,27). The second-order valence-electron chi connectivity index (χ2n) is 6.67. The van der Waals surface area contributed by atoms with Gasteiger partial charge < -0.3 is 10.2 Å². The summed E-state index contributed by atoms with van der Waals surface area (Å²) in [6, 6.07) is -0.494.